The van der Waals surface area contributed by atoms with Gasteiger partial charge >= 0.3 is 6.03 Å². The van der Waals surface area contributed by atoms with Crippen molar-refractivity contribution in [2.24, 2.45) is 0 Å². The molecule has 3 atom stereocenters. The number of likely N-dealkylation sites (tertiary alicyclic amines) is 1. The number of nitrogens with one attached hydrogen (secondary N) is 2. The number of ether oxygens (including phenoxy) is 1. The predicted molar refractivity (Wildman–Crippen MR) is 153 cm³/mol. The fourth-order valence-electron chi connectivity index (χ4n) is 5.71. The lowest BCUT2D eigenvalue weighted by molar-refractivity contribution is -0.122. The minimum Gasteiger partial charge on any atom is -0.457 e. The molecule has 0 aliphatic carbocycles. The molecule has 1 aromatic heterocycles. The Labute approximate surface area is 233 Å². The molecule has 2 aromatic carbocycles. The van der Waals surface area contributed by atoms with E-state index in [0.717, 1.165) is 59.2 Å². The second kappa shape index (κ2) is 10.5. The van der Waals surface area contributed by atoms with Crippen LogP contribution in [0.15, 0.2) is 65.8 Å². The number of aryl methyl sites for hydroxylation is 1. The van der Waals surface area contributed by atoms with Crippen LogP contribution < -0.4 is 20.3 Å². The van der Waals surface area contributed by atoms with E-state index < -0.39 is 11.3 Å². The fourth-order valence-corrected chi connectivity index (χ4v) is 6.94. The zero-order valence-electron chi connectivity index (χ0n) is 22.4. The summed E-state index contributed by atoms with van der Waals surface area (Å²) in [4.78, 5) is 35.7. The average molecular weight is 544 g/mol. The van der Waals surface area contributed by atoms with Crippen LogP contribution in [-0.2, 0) is 4.79 Å². The van der Waals surface area contributed by atoms with Gasteiger partial charge in [0.15, 0.2) is 0 Å². The molecule has 0 saturated carbocycles. The van der Waals surface area contributed by atoms with Gasteiger partial charge in [0.2, 0.25) is 5.91 Å². The van der Waals surface area contributed by atoms with E-state index in [0.29, 0.717) is 11.8 Å². The van der Waals surface area contributed by atoms with Gasteiger partial charge in [-0.05, 0) is 82.1 Å². The summed E-state index contributed by atoms with van der Waals surface area (Å²) in [6, 6.07) is 17.0. The van der Waals surface area contributed by atoms with Gasteiger partial charge in [0.05, 0.1) is 17.4 Å². The van der Waals surface area contributed by atoms with E-state index in [-0.39, 0.29) is 18.0 Å². The topological polar surface area (TPSA) is 86.8 Å². The first-order chi connectivity index (χ1) is 18.9. The van der Waals surface area contributed by atoms with Crippen LogP contribution in [-0.4, -0.2) is 52.2 Å². The predicted octanol–water partition coefficient (Wildman–Crippen LogP) is 5.55. The maximum Gasteiger partial charge on any atom is 0.327 e. The molecule has 2 N–H and O–H groups in total. The highest BCUT2D eigenvalue weighted by atomic mass is 32.2. The van der Waals surface area contributed by atoms with Crippen molar-refractivity contribution in [1.82, 2.24) is 20.5 Å². The first kappa shape index (κ1) is 25.7. The number of hydrogen-bond donors (Lipinski definition) is 2. The molecule has 8 nitrogen and oxygen atoms in total. The van der Waals surface area contributed by atoms with Crippen LogP contribution in [0.1, 0.15) is 43.9 Å². The molecule has 1 saturated heterocycles. The van der Waals surface area contributed by atoms with Crippen LogP contribution in [0.2, 0.25) is 0 Å². The number of carbonyl (C=O) groups excluding carboxylic acids is 2. The van der Waals surface area contributed by atoms with E-state index in [1.54, 1.807) is 11.1 Å². The largest absolute Gasteiger partial charge is 0.457 e. The van der Waals surface area contributed by atoms with Crippen molar-refractivity contribution in [2.75, 3.05) is 18.0 Å². The second-order valence-electron chi connectivity index (χ2n) is 10.6. The molecule has 0 bridgehead atoms. The lowest BCUT2D eigenvalue weighted by Crippen LogP contribution is -2.53. The maximum absolute atomic E-state index is 13.6. The third kappa shape index (κ3) is 4.96. The van der Waals surface area contributed by atoms with E-state index in [9.17, 15) is 9.59 Å². The van der Waals surface area contributed by atoms with Crippen molar-refractivity contribution in [1.29, 1.82) is 0 Å². The molecule has 3 aromatic rings. The molecule has 39 heavy (non-hydrogen) atoms. The third-order valence-corrected chi connectivity index (χ3v) is 8.97. The Bertz CT molecular complexity index is 1400. The van der Waals surface area contributed by atoms with E-state index in [1.165, 1.54) is 11.8 Å². The molecule has 6 rings (SSSR count). The second-order valence-corrected chi connectivity index (χ2v) is 11.8. The standard InChI is InChI=1S/C30H33N5O3S/c1-18(2)34-15-7-8-20(17-34)32-28(36)27-26-25-24(13-14-31-29(25)39-27)35(30(37)33-26)23-12-11-22(16-19(23)3)38-21-9-5-4-6-10-21/h4-6,9-14,16,18,20,26-27H,7-8,15,17H2,1-3H3,(H,32,36)(H,33,37)/t20?,26?,27-/m1/s1. The van der Waals surface area contributed by atoms with Gasteiger partial charge in [-0.1, -0.05) is 30.0 Å². The Balaban J connectivity index is 1.23. The van der Waals surface area contributed by atoms with E-state index in [1.807, 2.05) is 61.5 Å². The summed E-state index contributed by atoms with van der Waals surface area (Å²) in [5.41, 5.74) is 3.32. The van der Waals surface area contributed by atoms with Crippen molar-refractivity contribution < 1.29 is 14.3 Å². The number of anilines is 2. The molecular formula is C30H33N5O3S. The Morgan fingerprint density at radius 2 is 1.95 bits per heavy atom. The zero-order chi connectivity index (χ0) is 27.1. The molecule has 2 unspecified atom stereocenters. The number of rotatable bonds is 6. The number of urea groups is 1. The maximum atomic E-state index is 13.6. The molecule has 3 aliphatic rings. The summed E-state index contributed by atoms with van der Waals surface area (Å²) in [6.45, 7) is 8.26. The van der Waals surface area contributed by atoms with Crippen molar-refractivity contribution in [3.05, 3.63) is 71.9 Å². The van der Waals surface area contributed by atoms with Gasteiger partial charge in [0.1, 0.15) is 21.8 Å². The number of hydrogen-bond acceptors (Lipinski definition) is 6. The lowest BCUT2D eigenvalue weighted by atomic mass is 9.98. The van der Waals surface area contributed by atoms with Gasteiger partial charge < -0.3 is 15.4 Å². The van der Waals surface area contributed by atoms with Crippen molar-refractivity contribution in [3.8, 4) is 11.5 Å². The number of thioether (sulfide) groups is 1. The highest BCUT2D eigenvalue weighted by molar-refractivity contribution is 8.01. The average Bonchev–Trinajstić information content (AvgIpc) is 3.30. The third-order valence-electron chi connectivity index (χ3n) is 7.68. The number of pyridine rings is 1. The SMILES string of the molecule is Cc1cc(Oc2ccccc2)ccc1N1C(=O)NC2c3c1ccnc3S[C@H]2C(=O)NC1CCCN(C(C)C)C1. The summed E-state index contributed by atoms with van der Waals surface area (Å²) >= 11 is 1.44. The van der Waals surface area contributed by atoms with Crippen LogP contribution >= 0.6 is 11.8 Å². The Hall–Kier alpha value is -3.56. The molecule has 0 radical (unpaired) electrons. The molecule has 0 spiro atoms. The van der Waals surface area contributed by atoms with Crippen LogP contribution in [0.3, 0.4) is 0 Å². The summed E-state index contributed by atoms with van der Waals surface area (Å²) < 4.78 is 5.99. The van der Waals surface area contributed by atoms with Gasteiger partial charge in [0.25, 0.3) is 0 Å². The van der Waals surface area contributed by atoms with Crippen molar-refractivity contribution in [3.63, 3.8) is 0 Å². The first-order valence-corrected chi connectivity index (χ1v) is 14.4. The Morgan fingerprint density at radius 1 is 1.13 bits per heavy atom. The Morgan fingerprint density at radius 3 is 2.72 bits per heavy atom. The molecular weight excluding hydrogens is 510 g/mol. The number of benzene rings is 2. The number of aromatic nitrogens is 1. The normalized spacial score (nSPS) is 22.4. The van der Waals surface area contributed by atoms with E-state index >= 15 is 0 Å². The van der Waals surface area contributed by atoms with Gasteiger partial charge in [-0.25, -0.2) is 9.78 Å². The monoisotopic (exact) mass is 543 g/mol. The van der Waals surface area contributed by atoms with Gasteiger partial charge in [-0.3, -0.25) is 14.6 Å². The van der Waals surface area contributed by atoms with Crippen LogP contribution in [0, 0.1) is 6.92 Å². The summed E-state index contributed by atoms with van der Waals surface area (Å²) in [7, 11) is 0. The zero-order valence-corrected chi connectivity index (χ0v) is 23.2. The van der Waals surface area contributed by atoms with Gasteiger partial charge in [0, 0.05) is 30.4 Å². The van der Waals surface area contributed by atoms with Gasteiger partial charge in [-0.2, -0.15) is 0 Å². The van der Waals surface area contributed by atoms with Gasteiger partial charge in [-0.15, -0.1) is 0 Å². The summed E-state index contributed by atoms with van der Waals surface area (Å²) in [6.07, 6.45) is 3.75. The minimum atomic E-state index is -0.461. The van der Waals surface area contributed by atoms with Crippen molar-refractivity contribution in [2.45, 2.75) is 62.0 Å². The molecule has 1 fully saturated rings. The van der Waals surface area contributed by atoms with E-state index in [4.69, 9.17) is 4.74 Å². The lowest BCUT2D eigenvalue weighted by Gasteiger charge is -2.37. The highest BCUT2D eigenvalue weighted by Gasteiger charge is 2.47. The van der Waals surface area contributed by atoms with Crippen LogP contribution in [0.5, 0.6) is 11.5 Å². The van der Waals surface area contributed by atoms with Crippen LogP contribution in [0.25, 0.3) is 0 Å². The molecule has 202 valence electrons. The summed E-state index contributed by atoms with van der Waals surface area (Å²) in [5.74, 6) is 1.40. The van der Waals surface area contributed by atoms with Crippen LogP contribution in [0.4, 0.5) is 16.2 Å². The molecule has 3 aliphatic heterocycles. The number of para-hydroxylation sites is 1. The number of amides is 3. The molecule has 4 heterocycles. The number of carbonyl (C=O) groups is 2. The van der Waals surface area contributed by atoms with Crippen molar-refractivity contribution >= 4 is 35.1 Å². The fraction of sp³-hybridized carbons (Fsp3) is 0.367. The highest BCUT2D eigenvalue weighted by Crippen LogP contribution is 2.51. The minimum absolute atomic E-state index is 0.0445. The quantitative estimate of drug-likeness (QED) is 0.424. The summed E-state index contributed by atoms with van der Waals surface area (Å²) in [5, 5.41) is 6.72. The smallest absolute Gasteiger partial charge is 0.327 e. The first-order valence-electron chi connectivity index (χ1n) is 13.5. The molecule has 3 amide bonds. The molecule has 9 heteroatoms. The Kier molecular flexibility index (Phi) is 6.95. The number of piperidine rings is 1. The number of nitrogens with zero attached hydrogens (tertiary/aromatic N) is 3. The van der Waals surface area contributed by atoms with E-state index in [2.05, 4.69) is 34.4 Å².